The van der Waals surface area contributed by atoms with Crippen LogP contribution in [0, 0.1) is 25.2 Å². The van der Waals surface area contributed by atoms with Crippen LogP contribution in [0.2, 0.25) is 0 Å². The molecule has 0 radical (unpaired) electrons. The molecule has 1 fully saturated rings. The van der Waals surface area contributed by atoms with Gasteiger partial charge >= 0.3 is 0 Å². The van der Waals surface area contributed by atoms with Crippen molar-refractivity contribution >= 4 is 11.8 Å². The van der Waals surface area contributed by atoms with E-state index in [9.17, 15) is 4.79 Å². The predicted molar refractivity (Wildman–Crippen MR) is 50.5 cm³/mol. The van der Waals surface area contributed by atoms with Crippen molar-refractivity contribution in [1.82, 2.24) is 5.16 Å². The molecule has 14 heavy (non-hydrogen) atoms. The zero-order valence-corrected chi connectivity index (χ0v) is 7.86. The highest BCUT2D eigenvalue weighted by Crippen LogP contribution is 2.24. The van der Waals surface area contributed by atoms with E-state index in [2.05, 4.69) is 11.1 Å². The summed E-state index contributed by atoms with van der Waals surface area (Å²) in [6.07, 6.45) is 5.67. The van der Waals surface area contributed by atoms with Crippen LogP contribution in [0.5, 0.6) is 0 Å². The van der Waals surface area contributed by atoms with E-state index in [1.807, 2.05) is 6.92 Å². The summed E-state index contributed by atoms with van der Waals surface area (Å²) in [4.78, 5) is 13.0. The van der Waals surface area contributed by atoms with E-state index in [0.29, 0.717) is 18.8 Å². The zero-order chi connectivity index (χ0) is 10.1. The summed E-state index contributed by atoms with van der Waals surface area (Å²) >= 11 is 0. The number of aromatic nitrogens is 1. The Kier molecular flexibility index (Phi) is 2.01. The van der Waals surface area contributed by atoms with E-state index in [1.165, 1.54) is 0 Å². The van der Waals surface area contributed by atoms with Crippen LogP contribution >= 0.6 is 0 Å². The number of nitrogens with zero attached hydrogens (tertiary/aromatic N) is 2. The maximum atomic E-state index is 11.5. The van der Waals surface area contributed by atoms with E-state index in [4.69, 9.17) is 10.9 Å². The number of carbonyl (C=O) groups is 1. The normalized spacial score (nSPS) is 21.3. The summed E-state index contributed by atoms with van der Waals surface area (Å²) in [5.74, 6) is 3.06. The van der Waals surface area contributed by atoms with Crippen molar-refractivity contribution in [2.75, 3.05) is 11.4 Å². The number of terminal acetylenes is 1. The van der Waals surface area contributed by atoms with E-state index >= 15 is 0 Å². The van der Waals surface area contributed by atoms with Crippen LogP contribution in [-0.4, -0.2) is 17.6 Å². The second-order valence-electron chi connectivity index (χ2n) is 3.38. The molecule has 0 bridgehead atoms. The summed E-state index contributed by atoms with van der Waals surface area (Å²) in [6.45, 7) is 2.34. The van der Waals surface area contributed by atoms with Gasteiger partial charge in [-0.15, -0.1) is 12.3 Å². The van der Waals surface area contributed by atoms with E-state index < -0.39 is 0 Å². The third-order valence-electron chi connectivity index (χ3n) is 2.24. The molecule has 1 unspecified atom stereocenters. The maximum absolute atomic E-state index is 11.5. The molecule has 1 atom stereocenters. The second-order valence-corrected chi connectivity index (χ2v) is 3.38. The molecule has 4 heteroatoms. The first-order chi connectivity index (χ1) is 6.70. The van der Waals surface area contributed by atoms with Gasteiger partial charge in [-0.05, 0) is 6.92 Å². The van der Waals surface area contributed by atoms with Crippen molar-refractivity contribution in [3.05, 3.63) is 11.8 Å². The molecule has 0 N–H and O–H groups in total. The number of aryl methyl sites for hydroxylation is 1. The number of anilines is 1. The Morgan fingerprint density at radius 2 is 2.57 bits per heavy atom. The lowest BCUT2D eigenvalue weighted by Gasteiger charge is -2.09. The molecule has 1 saturated heterocycles. The average molecular weight is 190 g/mol. The van der Waals surface area contributed by atoms with E-state index in [0.717, 1.165) is 5.69 Å². The van der Waals surface area contributed by atoms with Gasteiger partial charge in [0, 0.05) is 24.9 Å². The van der Waals surface area contributed by atoms with Gasteiger partial charge in [-0.2, -0.15) is 0 Å². The third kappa shape index (κ3) is 1.37. The second kappa shape index (κ2) is 3.18. The van der Waals surface area contributed by atoms with Crippen molar-refractivity contribution < 1.29 is 9.32 Å². The van der Waals surface area contributed by atoms with E-state index in [1.54, 1.807) is 11.0 Å². The zero-order valence-electron chi connectivity index (χ0n) is 7.86. The van der Waals surface area contributed by atoms with Crippen molar-refractivity contribution in [1.29, 1.82) is 0 Å². The number of hydrogen-bond donors (Lipinski definition) is 0. The van der Waals surface area contributed by atoms with Crippen LogP contribution in [0.3, 0.4) is 0 Å². The summed E-state index contributed by atoms with van der Waals surface area (Å²) in [5, 5.41) is 3.73. The highest BCUT2D eigenvalue weighted by atomic mass is 16.5. The van der Waals surface area contributed by atoms with Gasteiger partial charge in [0.25, 0.3) is 0 Å². The van der Waals surface area contributed by atoms with Gasteiger partial charge in [0.1, 0.15) is 0 Å². The molecule has 1 aromatic rings. The van der Waals surface area contributed by atoms with E-state index in [-0.39, 0.29) is 11.8 Å². The van der Waals surface area contributed by atoms with Crippen molar-refractivity contribution in [2.45, 2.75) is 13.3 Å². The highest BCUT2D eigenvalue weighted by molar-refractivity contribution is 5.94. The molecular weight excluding hydrogens is 180 g/mol. The Bertz CT molecular complexity index is 402. The first-order valence-corrected chi connectivity index (χ1v) is 4.40. The lowest BCUT2D eigenvalue weighted by molar-refractivity contribution is -0.117. The minimum Gasteiger partial charge on any atom is -0.338 e. The molecule has 0 spiro atoms. The van der Waals surface area contributed by atoms with Gasteiger partial charge in [-0.1, -0.05) is 5.16 Å². The SMILES string of the molecule is C#CC1CC(=O)N(c2cc(C)no2)C1. The molecule has 0 aliphatic carbocycles. The van der Waals surface area contributed by atoms with Crippen LogP contribution in [0.15, 0.2) is 10.6 Å². The third-order valence-corrected chi connectivity index (χ3v) is 2.24. The summed E-state index contributed by atoms with van der Waals surface area (Å²) in [6, 6.07) is 1.73. The minimum absolute atomic E-state index is 0.00380. The number of hydrogen-bond acceptors (Lipinski definition) is 3. The molecule has 4 nitrogen and oxygen atoms in total. The molecule has 72 valence electrons. The van der Waals surface area contributed by atoms with Crippen LogP contribution in [0.4, 0.5) is 5.88 Å². The van der Waals surface area contributed by atoms with Crippen LogP contribution < -0.4 is 4.90 Å². The Morgan fingerprint density at radius 1 is 1.79 bits per heavy atom. The van der Waals surface area contributed by atoms with Gasteiger partial charge in [-0.25, -0.2) is 0 Å². The fraction of sp³-hybridized carbons (Fsp3) is 0.400. The molecule has 0 saturated carbocycles. The Hall–Kier alpha value is -1.76. The van der Waals surface area contributed by atoms with Crippen LogP contribution in [0.25, 0.3) is 0 Å². The largest absolute Gasteiger partial charge is 0.338 e. The predicted octanol–water partition coefficient (Wildman–Crippen LogP) is 0.969. The standard InChI is InChI=1S/C10H10N2O2/c1-3-8-5-9(13)12(6-8)10-4-7(2)11-14-10/h1,4,8H,5-6H2,2H3. The van der Waals surface area contributed by atoms with Gasteiger partial charge in [0.2, 0.25) is 11.8 Å². The molecule has 1 aliphatic heterocycles. The van der Waals surface area contributed by atoms with Crippen molar-refractivity contribution in [3.63, 3.8) is 0 Å². The smallest absolute Gasteiger partial charge is 0.234 e. The van der Waals surface area contributed by atoms with Gasteiger partial charge in [-0.3, -0.25) is 9.69 Å². The lowest BCUT2D eigenvalue weighted by atomic mass is 10.1. The monoisotopic (exact) mass is 190 g/mol. The Balaban J connectivity index is 2.21. The molecular formula is C10H10N2O2. The minimum atomic E-state index is -0.00657. The lowest BCUT2D eigenvalue weighted by Crippen LogP contribution is -2.23. The Morgan fingerprint density at radius 3 is 3.07 bits per heavy atom. The number of carbonyl (C=O) groups excluding carboxylic acids is 1. The van der Waals surface area contributed by atoms with Crippen molar-refractivity contribution in [2.24, 2.45) is 5.92 Å². The van der Waals surface area contributed by atoms with Crippen LogP contribution in [-0.2, 0) is 4.79 Å². The quantitative estimate of drug-likeness (QED) is 0.620. The van der Waals surface area contributed by atoms with Gasteiger partial charge in [0.15, 0.2) is 0 Å². The number of rotatable bonds is 1. The Labute approximate surface area is 81.9 Å². The van der Waals surface area contributed by atoms with Gasteiger partial charge in [0.05, 0.1) is 5.69 Å². The number of amides is 1. The maximum Gasteiger partial charge on any atom is 0.234 e. The summed E-state index contributed by atoms with van der Waals surface area (Å²) in [5.41, 5.74) is 0.761. The molecule has 2 heterocycles. The first kappa shape index (κ1) is 8.82. The molecule has 1 aromatic heterocycles. The first-order valence-electron chi connectivity index (χ1n) is 4.40. The fourth-order valence-electron chi connectivity index (χ4n) is 1.51. The fourth-order valence-corrected chi connectivity index (χ4v) is 1.51. The van der Waals surface area contributed by atoms with Crippen LogP contribution in [0.1, 0.15) is 12.1 Å². The topological polar surface area (TPSA) is 46.3 Å². The molecule has 2 rings (SSSR count). The molecule has 1 aliphatic rings. The molecule has 1 amide bonds. The van der Waals surface area contributed by atoms with Gasteiger partial charge < -0.3 is 4.52 Å². The average Bonchev–Trinajstić information content (AvgIpc) is 2.71. The molecule has 0 aromatic carbocycles. The highest BCUT2D eigenvalue weighted by Gasteiger charge is 2.31. The summed E-state index contributed by atoms with van der Waals surface area (Å²) in [7, 11) is 0. The summed E-state index contributed by atoms with van der Waals surface area (Å²) < 4.78 is 5.00. The van der Waals surface area contributed by atoms with Crippen molar-refractivity contribution in [3.8, 4) is 12.3 Å².